The molecule has 4 heteroatoms. The van der Waals surface area contributed by atoms with Crippen LogP contribution in [0.4, 0.5) is 0 Å². The van der Waals surface area contributed by atoms with Crippen LogP contribution in [0, 0.1) is 5.92 Å². The molecule has 1 aromatic rings. The summed E-state index contributed by atoms with van der Waals surface area (Å²) in [7, 11) is 1.67. The summed E-state index contributed by atoms with van der Waals surface area (Å²) in [5.74, 6) is 2.40. The van der Waals surface area contributed by atoms with Crippen LogP contribution < -0.4 is 9.47 Å². The molecule has 1 heterocycles. The second-order valence-electron chi connectivity index (χ2n) is 6.65. The van der Waals surface area contributed by atoms with Gasteiger partial charge < -0.3 is 19.1 Å². The molecule has 0 saturated carbocycles. The van der Waals surface area contributed by atoms with Crippen molar-refractivity contribution >= 4 is 0 Å². The molecule has 23 heavy (non-hydrogen) atoms. The van der Waals surface area contributed by atoms with E-state index in [2.05, 4.69) is 18.7 Å². The number of hydrogen-bond donors (Lipinski definition) is 0. The van der Waals surface area contributed by atoms with Gasteiger partial charge in [-0.3, -0.25) is 0 Å². The minimum absolute atomic E-state index is 0.462. The molecule has 0 unspecified atom stereocenters. The molecule has 4 nitrogen and oxygen atoms in total. The third-order valence-corrected chi connectivity index (χ3v) is 4.15. The first-order valence-electron chi connectivity index (χ1n) is 8.78. The number of piperidine rings is 1. The first-order chi connectivity index (χ1) is 11.2. The Balaban J connectivity index is 1.55. The SMILES string of the molecule is COc1ccc(OCCCN2CCC(OCC(C)C)CC2)cc1. The molecule has 0 aromatic heterocycles. The summed E-state index contributed by atoms with van der Waals surface area (Å²) in [5.41, 5.74) is 0. The second-order valence-corrected chi connectivity index (χ2v) is 6.65. The van der Waals surface area contributed by atoms with Gasteiger partial charge in [0.05, 0.1) is 19.8 Å². The molecule has 0 spiro atoms. The highest BCUT2D eigenvalue weighted by Gasteiger charge is 2.19. The summed E-state index contributed by atoms with van der Waals surface area (Å²) in [5, 5.41) is 0. The first-order valence-corrected chi connectivity index (χ1v) is 8.78. The molecule has 1 aliphatic rings. The van der Waals surface area contributed by atoms with Gasteiger partial charge in [-0.15, -0.1) is 0 Å². The van der Waals surface area contributed by atoms with Gasteiger partial charge in [0.25, 0.3) is 0 Å². The minimum Gasteiger partial charge on any atom is -0.497 e. The molecule has 130 valence electrons. The summed E-state index contributed by atoms with van der Waals surface area (Å²) in [6.07, 6.45) is 3.84. The zero-order valence-corrected chi connectivity index (χ0v) is 14.8. The highest BCUT2D eigenvalue weighted by Crippen LogP contribution is 2.18. The zero-order valence-electron chi connectivity index (χ0n) is 14.8. The second kappa shape index (κ2) is 9.78. The highest BCUT2D eigenvalue weighted by atomic mass is 16.5. The van der Waals surface area contributed by atoms with Crippen LogP contribution in [0.1, 0.15) is 33.1 Å². The number of ether oxygens (including phenoxy) is 3. The Morgan fingerprint density at radius 3 is 2.35 bits per heavy atom. The fourth-order valence-corrected chi connectivity index (χ4v) is 2.78. The molecule has 0 radical (unpaired) electrons. The Morgan fingerprint density at radius 2 is 1.74 bits per heavy atom. The first kappa shape index (κ1) is 18.1. The molecule has 0 bridgehead atoms. The summed E-state index contributed by atoms with van der Waals surface area (Å²) < 4.78 is 16.8. The van der Waals surface area contributed by atoms with Gasteiger partial charge in [-0.1, -0.05) is 13.8 Å². The van der Waals surface area contributed by atoms with Gasteiger partial charge >= 0.3 is 0 Å². The van der Waals surface area contributed by atoms with Gasteiger partial charge in [0.15, 0.2) is 0 Å². The number of nitrogens with zero attached hydrogens (tertiary/aromatic N) is 1. The summed E-state index contributed by atoms with van der Waals surface area (Å²) in [6.45, 7) is 9.45. The van der Waals surface area contributed by atoms with Crippen LogP contribution in [-0.2, 0) is 4.74 Å². The van der Waals surface area contributed by atoms with E-state index in [-0.39, 0.29) is 0 Å². The third kappa shape index (κ3) is 6.80. The van der Waals surface area contributed by atoms with Crippen LogP contribution in [-0.4, -0.2) is 51.0 Å². The van der Waals surface area contributed by atoms with E-state index < -0.39 is 0 Å². The van der Waals surface area contributed by atoms with E-state index in [0.29, 0.717) is 12.0 Å². The molecule has 0 aliphatic carbocycles. The molecule has 1 aliphatic heterocycles. The molecular weight excluding hydrogens is 290 g/mol. The van der Waals surface area contributed by atoms with E-state index in [0.717, 1.165) is 63.6 Å². The van der Waals surface area contributed by atoms with E-state index in [4.69, 9.17) is 14.2 Å². The number of likely N-dealkylation sites (tertiary alicyclic amines) is 1. The lowest BCUT2D eigenvalue weighted by Gasteiger charge is -2.32. The zero-order chi connectivity index (χ0) is 16.5. The van der Waals surface area contributed by atoms with Crippen molar-refractivity contribution in [2.75, 3.05) is 40.0 Å². The number of methoxy groups -OCH3 is 1. The Labute approximate surface area is 140 Å². The molecule has 1 aromatic carbocycles. The summed E-state index contributed by atoms with van der Waals surface area (Å²) in [4.78, 5) is 2.52. The van der Waals surface area contributed by atoms with Crippen molar-refractivity contribution in [2.45, 2.75) is 39.2 Å². The van der Waals surface area contributed by atoms with E-state index in [9.17, 15) is 0 Å². The van der Waals surface area contributed by atoms with Gasteiger partial charge in [-0.25, -0.2) is 0 Å². The lowest BCUT2D eigenvalue weighted by Crippen LogP contribution is -2.38. The normalized spacial score (nSPS) is 16.7. The van der Waals surface area contributed by atoms with Crippen molar-refractivity contribution < 1.29 is 14.2 Å². The van der Waals surface area contributed by atoms with Crippen LogP contribution in [0.15, 0.2) is 24.3 Å². The molecule has 1 fully saturated rings. The predicted molar refractivity (Wildman–Crippen MR) is 93.4 cm³/mol. The average Bonchev–Trinajstić information content (AvgIpc) is 2.58. The maximum atomic E-state index is 5.93. The van der Waals surface area contributed by atoms with Crippen LogP contribution in [0.25, 0.3) is 0 Å². The standard InChI is InChI=1S/C19H31NO3/c1-16(2)15-23-19-9-12-20(13-10-19)11-4-14-22-18-7-5-17(21-3)6-8-18/h5-8,16,19H,4,9-15H2,1-3H3. The van der Waals surface area contributed by atoms with Crippen LogP contribution in [0.2, 0.25) is 0 Å². The Hall–Kier alpha value is -1.26. The van der Waals surface area contributed by atoms with E-state index in [1.54, 1.807) is 7.11 Å². The number of rotatable bonds is 9. The van der Waals surface area contributed by atoms with Crippen molar-refractivity contribution in [2.24, 2.45) is 5.92 Å². The van der Waals surface area contributed by atoms with Gasteiger partial charge in [0.1, 0.15) is 11.5 Å². The smallest absolute Gasteiger partial charge is 0.119 e. The van der Waals surface area contributed by atoms with Crippen molar-refractivity contribution in [1.82, 2.24) is 4.90 Å². The number of benzene rings is 1. The van der Waals surface area contributed by atoms with Crippen molar-refractivity contribution in [3.8, 4) is 11.5 Å². The molecule has 2 rings (SSSR count). The van der Waals surface area contributed by atoms with Gasteiger partial charge in [-0.05, 0) is 49.4 Å². The molecule has 1 saturated heterocycles. The highest BCUT2D eigenvalue weighted by molar-refractivity contribution is 5.31. The number of hydrogen-bond acceptors (Lipinski definition) is 4. The molecular formula is C19H31NO3. The largest absolute Gasteiger partial charge is 0.497 e. The Morgan fingerprint density at radius 1 is 1.09 bits per heavy atom. The summed E-state index contributed by atoms with van der Waals surface area (Å²) in [6, 6.07) is 7.77. The molecule has 0 atom stereocenters. The Bertz CT molecular complexity index is 425. The van der Waals surface area contributed by atoms with Crippen molar-refractivity contribution in [3.05, 3.63) is 24.3 Å². The van der Waals surface area contributed by atoms with Crippen LogP contribution in [0.5, 0.6) is 11.5 Å². The van der Waals surface area contributed by atoms with Gasteiger partial charge in [0, 0.05) is 26.2 Å². The maximum absolute atomic E-state index is 5.93. The van der Waals surface area contributed by atoms with Crippen molar-refractivity contribution in [1.29, 1.82) is 0 Å². The fourth-order valence-electron chi connectivity index (χ4n) is 2.78. The minimum atomic E-state index is 0.462. The predicted octanol–water partition coefficient (Wildman–Crippen LogP) is 3.60. The van der Waals surface area contributed by atoms with Gasteiger partial charge in [0.2, 0.25) is 0 Å². The van der Waals surface area contributed by atoms with Crippen LogP contribution >= 0.6 is 0 Å². The fraction of sp³-hybridized carbons (Fsp3) is 0.684. The average molecular weight is 321 g/mol. The van der Waals surface area contributed by atoms with E-state index in [1.165, 1.54) is 0 Å². The van der Waals surface area contributed by atoms with Gasteiger partial charge in [-0.2, -0.15) is 0 Å². The summed E-state index contributed by atoms with van der Waals surface area (Å²) >= 11 is 0. The van der Waals surface area contributed by atoms with E-state index >= 15 is 0 Å². The monoisotopic (exact) mass is 321 g/mol. The molecule has 0 amide bonds. The lowest BCUT2D eigenvalue weighted by molar-refractivity contribution is -0.00497. The Kier molecular flexibility index (Phi) is 7.69. The topological polar surface area (TPSA) is 30.9 Å². The lowest BCUT2D eigenvalue weighted by atomic mass is 10.1. The maximum Gasteiger partial charge on any atom is 0.119 e. The third-order valence-electron chi connectivity index (χ3n) is 4.15. The van der Waals surface area contributed by atoms with E-state index in [1.807, 2.05) is 24.3 Å². The molecule has 0 N–H and O–H groups in total. The van der Waals surface area contributed by atoms with Crippen LogP contribution in [0.3, 0.4) is 0 Å². The van der Waals surface area contributed by atoms with Crippen molar-refractivity contribution in [3.63, 3.8) is 0 Å². The quantitative estimate of drug-likeness (QED) is 0.650.